The summed E-state index contributed by atoms with van der Waals surface area (Å²) >= 11 is 5.83. The number of nitrogens with zero attached hydrogens (tertiary/aromatic N) is 4. The molecule has 36 heavy (non-hydrogen) atoms. The van der Waals surface area contributed by atoms with Crippen LogP contribution in [0, 0.1) is 0 Å². The van der Waals surface area contributed by atoms with Crippen LogP contribution in [0.2, 0.25) is 0 Å². The number of ether oxygens (including phenoxy) is 1. The summed E-state index contributed by atoms with van der Waals surface area (Å²) in [5, 5.41) is 3.96. The van der Waals surface area contributed by atoms with E-state index in [-0.39, 0.29) is 12.1 Å². The Bertz CT molecular complexity index is 1490. The number of rotatable bonds is 7. The normalized spacial score (nSPS) is 17.6. The fraction of sp³-hybridized carbons (Fsp3) is 0.160. The number of anilines is 2. The highest BCUT2D eigenvalue weighted by atomic mass is 32.2. The molecule has 4 heterocycles. The van der Waals surface area contributed by atoms with Crippen LogP contribution in [0.3, 0.4) is 0 Å². The maximum absolute atomic E-state index is 11.8. The Morgan fingerprint density at radius 2 is 1.83 bits per heavy atom. The summed E-state index contributed by atoms with van der Waals surface area (Å²) in [4.78, 5) is 10.8. The van der Waals surface area contributed by atoms with Gasteiger partial charge in [-0.1, -0.05) is 6.07 Å². The van der Waals surface area contributed by atoms with Crippen LogP contribution in [-0.4, -0.2) is 41.4 Å². The highest BCUT2D eigenvalue weighted by Gasteiger charge is 2.42. The van der Waals surface area contributed by atoms with Crippen molar-refractivity contribution in [2.24, 2.45) is 0 Å². The number of pyridine rings is 2. The number of hydrogen-bond acceptors (Lipinski definition) is 6. The van der Waals surface area contributed by atoms with Crippen molar-refractivity contribution in [2.75, 3.05) is 23.0 Å². The number of benzene rings is 1. The third-order valence-corrected chi connectivity index (χ3v) is 6.79. The summed E-state index contributed by atoms with van der Waals surface area (Å²) in [7, 11) is -1.98. The summed E-state index contributed by atoms with van der Waals surface area (Å²) in [6.45, 7) is 0. The lowest BCUT2D eigenvalue weighted by Crippen LogP contribution is -2.30. The van der Waals surface area contributed by atoms with Crippen LogP contribution in [0.5, 0.6) is 5.75 Å². The number of hydrogen-bond donors (Lipinski definition) is 2. The second-order valence-corrected chi connectivity index (χ2v) is 10.4. The minimum atomic E-state index is -3.48. The summed E-state index contributed by atoms with van der Waals surface area (Å²) in [6.07, 6.45) is 8.36. The minimum Gasteiger partial charge on any atom is -0.494 e. The van der Waals surface area contributed by atoms with E-state index in [1.165, 1.54) is 7.11 Å². The molecular weight excluding hydrogens is 496 g/mol. The second-order valence-electron chi connectivity index (χ2n) is 8.26. The molecule has 2 N–H and O–H groups in total. The summed E-state index contributed by atoms with van der Waals surface area (Å²) in [5.41, 5.74) is 3.89. The van der Waals surface area contributed by atoms with Gasteiger partial charge in [0.1, 0.15) is 11.8 Å². The van der Waals surface area contributed by atoms with Crippen molar-refractivity contribution in [3.05, 3.63) is 96.8 Å². The molecule has 0 bridgehead atoms. The number of sulfonamides is 1. The van der Waals surface area contributed by atoms with E-state index < -0.39 is 10.0 Å². The molecule has 1 aliphatic rings. The van der Waals surface area contributed by atoms with E-state index in [1.54, 1.807) is 30.7 Å². The van der Waals surface area contributed by atoms with Crippen LogP contribution in [-0.2, 0) is 10.0 Å². The third kappa shape index (κ3) is 4.62. The molecule has 3 aromatic heterocycles. The standard InChI is InChI=1S/C25H24N6O3S2/c1-34-22-16-18(8-9-19(22)29-36(2,32)33)31-24(23(28-25(31)35)20-6-3-4-12-27-20)21-7-5-15-30(21)17-10-13-26-14-11-17/h3-16,23-24,29H,1-2H3,(H,28,35)/t23-,24+/m1/s1. The molecule has 0 amide bonds. The highest BCUT2D eigenvalue weighted by Crippen LogP contribution is 2.43. The van der Waals surface area contributed by atoms with Crippen molar-refractivity contribution in [3.8, 4) is 11.4 Å². The second kappa shape index (κ2) is 9.59. The van der Waals surface area contributed by atoms with E-state index in [0.717, 1.165) is 29.0 Å². The third-order valence-electron chi connectivity index (χ3n) is 5.88. The largest absolute Gasteiger partial charge is 0.494 e. The van der Waals surface area contributed by atoms with Gasteiger partial charge in [0.2, 0.25) is 10.0 Å². The Balaban J connectivity index is 1.64. The zero-order valence-corrected chi connectivity index (χ0v) is 21.2. The van der Waals surface area contributed by atoms with Gasteiger partial charge in [-0.05, 0) is 60.7 Å². The van der Waals surface area contributed by atoms with Crippen molar-refractivity contribution >= 4 is 38.7 Å². The van der Waals surface area contributed by atoms with Crippen molar-refractivity contribution in [1.29, 1.82) is 0 Å². The molecule has 5 rings (SSSR count). The lowest BCUT2D eigenvalue weighted by atomic mass is 10.0. The van der Waals surface area contributed by atoms with Crippen molar-refractivity contribution < 1.29 is 13.2 Å². The predicted molar refractivity (Wildman–Crippen MR) is 143 cm³/mol. The topological polar surface area (TPSA) is 101 Å². The first-order valence-electron chi connectivity index (χ1n) is 11.1. The van der Waals surface area contributed by atoms with Crippen LogP contribution < -0.4 is 19.7 Å². The quantitative estimate of drug-likeness (QED) is 0.355. The molecule has 184 valence electrons. The first-order valence-corrected chi connectivity index (χ1v) is 13.4. The Morgan fingerprint density at radius 1 is 1.03 bits per heavy atom. The van der Waals surface area contributed by atoms with Gasteiger partial charge >= 0.3 is 0 Å². The Kier molecular flexibility index (Phi) is 6.33. The van der Waals surface area contributed by atoms with Gasteiger partial charge in [0.15, 0.2) is 5.11 Å². The van der Waals surface area contributed by atoms with E-state index in [1.807, 2.05) is 53.6 Å². The lowest BCUT2D eigenvalue weighted by molar-refractivity contribution is 0.417. The van der Waals surface area contributed by atoms with Gasteiger partial charge in [-0.2, -0.15) is 0 Å². The fourth-order valence-electron chi connectivity index (χ4n) is 4.42. The smallest absolute Gasteiger partial charge is 0.229 e. The maximum Gasteiger partial charge on any atom is 0.229 e. The molecule has 1 aliphatic heterocycles. The Labute approximate surface area is 214 Å². The average Bonchev–Trinajstić information content (AvgIpc) is 3.49. The number of methoxy groups -OCH3 is 1. The van der Waals surface area contributed by atoms with Gasteiger partial charge in [-0.3, -0.25) is 14.7 Å². The number of aromatic nitrogens is 3. The Morgan fingerprint density at radius 3 is 2.53 bits per heavy atom. The predicted octanol–water partition coefficient (Wildman–Crippen LogP) is 3.82. The molecular formula is C25H24N6O3S2. The average molecular weight is 521 g/mol. The number of nitrogens with one attached hydrogen (secondary N) is 2. The van der Waals surface area contributed by atoms with E-state index >= 15 is 0 Å². The van der Waals surface area contributed by atoms with E-state index in [0.29, 0.717) is 16.5 Å². The van der Waals surface area contributed by atoms with Gasteiger partial charge in [0.25, 0.3) is 0 Å². The van der Waals surface area contributed by atoms with E-state index in [9.17, 15) is 8.42 Å². The van der Waals surface area contributed by atoms with E-state index in [2.05, 4.69) is 30.6 Å². The molecule has 1 fully saturated rings. The van der Waals surface area contributed by atoms with Gasteiger partial charge in [-0.25, -0.2) is 8.42 Å². The van der Waals surface area contributed by atoms with Gasteiger partial charge in [0, 0.05) is 47.9 Å². The van der Waals surface area contributed by atoms with Crippen LogP contribution in [0.4, 0.5) is 11.4 Å². The first-order chi connectivity index (χ1) is 17.4. The fourth-order valence-corrected chi connectivity index (χ4v) is 5.34. The van der Waals surface area contributed by atoms with Crippen LogP contribution in [0.1, 0.15) is 23.5 Å². The monoisotopic (exact) mass is 520 g/mol. The minimum absolute atomic E-state index is 0.242. The van der Waals surface area contributed by atoms with Gasteiger partial charge in [0.05, 0.1) is 30.8 Å². The molecule has 0 unspecified atom stereocenters. The molecule has 0 spiro atoms. The molecule has 0 aliphatic carbocycles. The van der Waals surface area contributed by atoms with Gasteiger partial charge in [-0.15, -0.1) is 0 Å². The van der Waals surface area contributed by atoms with Crippen LogP contribution in [0.15, 0.2) is 85.5 Å². The molecule has 9 nitrogen and oxygen atoms in total. The first kappa shape index (κ1) is 23.8. The molecule has 2 atom stereocenters. The van der Waals surface area contributed by atoms with Crippen molar-refractivity contribution in [2.45, 2.75) is 12.1 Å². The zero-order chi connectivity index (χ0) is 25.3. The van der Waals surface area contributed by atoms with Crippen molar-refractivity contribution in [3.63, 3.8) is 0 Å². The lowest BCUT2D eigenvalue weighted by Gasteiger charge is -2.29. The van der Waals surface area contributed by atoms with Crippen LogP contribution in [0.25, 0.3) is 5.69 Å². The van der Waals surface area contributed by atoms with E-state index in [4.69, 9.17) is 17.0 Å². The molecule has 0 radical (unpaired) electrons. The summed E-state index contributed by atoms with van der Waals surface area (Å²) in [5.74, 6) is 0.380. The SMILES string of the molecule is COc1cc(N2C(=S)N[C@H](c3ccccn3)[C@@H]2c2cccn2-c2ccncc2)ccc1NS(C)(=O)=O. The van der Waals surface area contributed by atoms with Crippen molar-refractivity contribution in [1.82, 2.24) is 19.9 Å². The Hall–Kier alpha value is -3.96. The number of thiocarbonyl (C=S) groups is 1. The molecule has 4 aromatic rings. The molecule has 1 saturated heterocycles. The summed E-state index contributed by atoms with van der Waals surface area (Å²) < 4.78 is 33.7. The molecule has 1 aromatic carbocycles. The highest BCUT2D eigenvalue weighted by molar-refractivity contribution is 7.92. The summed E-state index contributed by atoms with van der Waals surface area (Å²) in [6, 6.07) is 18.5. The molecule has 11 heteroatoms. The molecule has 0 saturated carbocycles. The maximum atomic E-state index is 11.8. The van der Waals surface area contributed by atoms with Crippen LogP contribution >= 0.6 is 12.2 Å². The van der Waals surface area contributed by atoms with Gasteiger partial charge < -0.3 is 19.5 Å². The zero-order valence-electron chi connectivity index (χ0n) is 19.6.